The first kappa shape index (κ1) is 11.2. The Labute approximate surface area is 85.6 Å². The summed E-state index contributed by atoms with van der Waals surface area (Å²) in [6, 6.07) is 0.934. The van der Waals surface area contributed by atoms with Crippen LogP contribution in [-0.4, -0.2) is 19.1 Å². The summed E-state index contributed by atoms with van der Waals surface area (Å²) in [5.41, 5.74) is -0.480. The Hall–Kier alpha value is -1.85. The summed E-state index contributed by atoms with van der Waals surface area (Å²) >= 11 is 0. The number of ether oxygens (including phenoxy) is 2. The lowest BCUT2D eigenvalue weighted by Gasteiger charge is -2.10. The molecule has 0 atom stereocenters. The molecular weight excluding hydrogens is 205 g/mol. The SMILES string of the molecule is COc1cc(F)c([N+](=O)[O-])c(C)c1OC. The van der Waals surface area contributed by atoms with Gasteiger partial charge < -0.3 is 9.47 Å². The van der Waals surface area contributed by atoms with Crippen molar-refractivity contribution in [1.82, 2.24) is 0 Å². The summed E-state index contributed by atoms with van der Waals surface area (Å²) in [7, 11) is 2.68. The van der Waals surface area contributed by atoms with Gasteiger partial charge in [0, 0.05) is 6.07 Å². The predicted molar refractivity (Wildman–Crippen MR) is 50.9 cm³/mol. The molecule has 0 aliphatic heterocycles. The monoisotopic (exact) mass is 215 g/mol. The van der Waals surface area contributed by atoms with Crippen LogP contribution in [0.25, 0.3) is 0 Å². The van der Waals surface area contributed by atoms with Crippen LogP contribution in [0.4, 0.5) is 10.1 Å². The van der Waals surface area contributed by atoms with Gasteiger partial charge in [-0.15, -0.1) is 0 Å². The number of benzene rings is 1. The van der Waals surface area contributed by atoms with E-state index in [1.807, 2.05) is 0 Å². The number of nitrogens with zero attached hydrogens (tertiary/aromatic N) is 1. The van der Waals surface area contributed by atoms with Crippen LogP contribution >= 0.6 is 0 Å². The van der Waals surface area contributed by atoms with Gasteiger partial charge in [0.15, 0.2) is 11.5 Å². The maximum atomic E-state index is 13.3. The summed E-state index contributed by atoms with van der Waals surface area (Å²) in [5.74, 6) is -0.626. The molecule has 0 unspecified atom stereocenters. The van der Waals surface area contributed by atoms with Gasteiger partial charge in [-0.1, -0.05) is 0 Å². The average Bonchev–Trinajstić information content (AvgIpc) is 2.16. The molecular formula is C9H10FNO4. The maximum absolute atomic E-state index is 13.3. The molecule has 0 saturated carbocycles. The van der Waals surface area contributed by atoms with Crippen molar-refractivity contribution in [1.29, 1.82) is 0 Å². The summed E-state index contributed by atoms with van der Waals surface area (Å²) in [6.45, 7) is 1.41. The minimum absolute atomic E-state index is 0.111. The molecule has 0 N–H and O–H groups in total. The van der Waals surface area contributed by atoms with E-state index in [9.17, 15) is 14.5 Å². The standard InChI is InChI=1S/C9H10FNO4/c1-5-8(11(12)13)6(10)4-7(14-2)9(5)15-3/h4H,1-3H3. The smallest absolute Gasteiger partial charge is 0.311 e. The lowest BCUT2D eigenvalue weighted by molar-refractivity contribution is -0.388. The maximum Gasteiger partial charge on any atom is 0.311 e. The zero-order valence-corrected chi connectivity index (χ0v) is 8.54. The van der Waals surface area contributed by atoms with Crippen LogP contribution in [0.1, 0.15) is 5.56 Å². The number of methoxy groups -OCH3 is 2. The number of hydrogen-bond donors (Lipinski definition) is 0. The summed E-state index contributed by atoms with van der Waals surface area (Å²) in [4.78, 5) is 9.79. The molecule has 1 aromatic rings. The molecule has 15 heavy (non-hydrogen) atoms. The van der Waals surface area contributed by atoms with Crippen molar-refractivity contribution >= 4 is 5.69 Å². The number of nitro benzene ring substituents is 1. The highest BCUT2D eigenvalue weighted by atomic mass is 19.1. The molecule has 82 valence electrons. The molecule has 5 nitrogen and oxygen atoms in total. The van der Waals surface area contributed by atoms with E-state index in [0.717, 1.165) is 6.07 Å². The molecule has 0 amide bonds. The fourth-order valence-electron chi connectivity index (χ4n) is 1.35. The predicted octanol–water partition coefficient (Wildman–Crippen LogP) is 2.06. The Morgan fingerprint density at radius 3 is 2.40 bits per heavy atom. The van der Waals surface area contributed by atoms with Crippen molar-refractivity contribution in [2.75, 3.05) is 14.2 Å². The Balaban J connectivity index is 3.51. The molecule has 0 aromatic heterocycles. The third kappa shape index (κ3) is 1.83. The molecule has 0 aliphatic rings. The molecule has 1 aromatic carbocycles. The van der Waals surface area contributed by atoms with E-state index in [1.165, 1.54) is 21.1 Å². The lowest BCUT2D eigenvalue weighted by Crippen LogP contribution is -2.01. The fourth-order valence-corrected chi connectivity index (χ4v) is 1.35. The molecule has 0 fully saturated rings. The Morgan fingerprint density at radius 1 is 1.40 bits per heavy atom. The summed E-state index contributed by atoms with van der Waals surface area (Å²) in [5, 5.41) is 10.6. The number of hydrogen-bond acceptors (Lipinski definition) is 4. The molecule has 0 bridgehead atoms. The molecule has 0 heterocycles. The van der Waals surface area contributed by atoms with Gasteiger partial charge in [0.1, 0.15) is 0 Å². The van der Waals surface area contributed by atoms with Gasteiger partial charge in [-0.3, -0.25) is 10.1 Å². The highest BCUT2D eigenvalue weighted by Crippen LogP contribution is 2.38. The van der Waals surface area contributed by atoms with Crippen LogP contribution < -0.4 is 9.47 Å². The Kier molecular flexibility index (Phi) is 3.08. The van der Waals surface area contributed by atoms with Crippen LogP contribution in [0.2, 0.25) is 0 Å². The average molecular weight is 215 g/mol. The first-order valence-corrected chi connectivity index (χ1v) is 4.08. The van der Waals surface area contributed by atoms with Gasteiger partial charge in [0.2, 0.25) is 5.82 Å². The zero-order chi connectivity index (χ0) is 11.6. The fraction of sp³-hybridized carbons (Fsp3) is 0.333. The van der Waals surface area contributed by atoms with Crippen molar-refractivity contribution in [2.24, 2.45) is 0 Å². The van der Waals surface area contributed by atoms with E-state index in [4.69, 9.17) is 9.47 Å². The second-order valence-corrected chi connectivity index (χ2v) is 2.82. The van der Waals surface area contributed by atoms with Crippen LogP contribution in [0.5, 0.6) is 11.5 Å². The third-order valence-electron chi connectivity index (χ3n) is 2.01. The normalized spacial score (nSPS) is 9.87. The third-order valence-corrected chi connectivity index (χ3v) is 2.01. The minimum Gasteiger partial charge on any atom is -0.493 e. The van der Waals surface area contributed by atoms with Crippen LogP contribution in [-0.2, 0) is 0 Å². The minimum atomic E-state index is -0.935. The summed E-state index contributed by atoms with van der Waals surface area (Å²) < 4.78 is 23.0. The second kappa shape index (κ2) is 4.12. The Bertz CT molecular complexity index is 406. The van der Waals surface area contributed by atoms with Crippen LogP contribution in [0.15, 0.2) is 6.07 Å². The highest BCUT2D eigenvalue weighted by Gasteiger charge is 2.24. The number of halogens is 1. The van der Waals surface area contributed by atoms with E-state index < -0.39 is 16.4 Å². The van der Waals surface area contributed by atoms with E-state index in [-0.39, 0.29) is 17.1 Å². The van der Waals surface area contributed by atoms with E-state index in [1.54, 1.807) is 0 Å². The first-order chi connectivity index (χ1) is 7.02. The molecule has 0 aliphatic carbocycles. The van der Waals surface area contributed by atoms with Crippen molar-refractivity contribution in [3.05, 3.63) is 27.6 Å². The molecule has 0 radical (unpaired) electrons. The first-order valence-electron chi connectivity index (χ1n) is 4.08. The van der Waals surface area contributed by atoms with Crippen molar-refractivity contribution in [3.63, 3.8) is 0 Å². The number of rotatable bonds is 3. The molecule has 0 spiro atoms. The van der Waals surface area contributed by atoms with Crippen molar-refractivity contribution in [2.45, 2.75) is 6.92 Å². The lowest BCUT2D eigenvalue weighted by atomic mass is 10.1. The van der Waals surface area contributed by atoms with Gasteiger partial charge in [0.25, 0.3) is 0 Å². The highest BCUT2D eigenvalue weighted by molar-refractivity contribution is 5.57. The van der Waals surface area contributed by atoms with E-state index in [2.05, 4.69) is 0 Å². The number of nitro groups is 1. The van der Waals surface area contributed by atoms with Crippen molar-refractivity contribution < 1.29 is 18.8 Å². The second-order valence-electron chi connectivity index (χ2n) is 2.82. The van der Waals surface area contributed by atoms with E-state index >= 15 is 0 Å². The van der Waals surface area contributed by atoms with Gasteiger partial charge in [-0.2, -0.15) is 4.39 Å². The molecule has 6 heteroatoms. The molecule has 0 saturated heterocycles. The summed E-state index contributed by atoms with van der Waals surface area (Å²) in [6.07, 6.45) is 0. The van der Waals surface area contributed by atoms with E-state index in [0.29, 0.717) is 0 Å². The van der Waals surface area contributed by atoms with Crippen LogP contribution in [0, 0.1) is 22.9 Å². The van der Waals surface area contributed by atoms with Gasteiger partial charge in [-0.25, -0.2) is 0 Å². The quantitative estimate of drug-likeness (QED) is 0.572. The van der Waals surface area contributed by atoms with Crippen molar-refractivity contribution in [3.8, 4) is 11.5 Å². The largest absolute Gasteiger partial charge is 0.493 e. The van der Waals surface area contributed by atoms with Crippen LogP contribution in [0.3, 0.4) is 0 Å². The van der Waals surface area contributed by atoms with Gasteiger partial charge in [-0.05, 0) is 6.92 Å². The Morgan fingerprint density at radius 2 is 2.00 bits per heavy atom. The zero-order valence-electron chi connectivity index (χ0n) is 8.54. The van der Waals surface area contributed by atoms with Gasteiger partial charge >= 0.3 is 5.69 Å². The topological polar surface area (TPSA) is 61.6 Å². The molecule has 1 rings (SSSR count). The van der Waals surface area contributed by atoms with Gasteiger partial charge in [0.05, 0.1) is 24.7 Å².